The van der Waals surface area contributed by atoms with Crippen molar-refractivity contribution in [3.63, 3.8) is 0 Å². The van der Waals surface area contributed by atoms with Crippen molar-refractivity contribution in [1.29, 1.82) is 0 Å². The molecule has 0 atom stereocenters. The quantitative estimate of drug-likeness (QED) is 0.102. The van der Waals surface area contributed by atoms with Crippen molar-refractivity contribution in [3.05, 3.63) is 83.9 Å². The smallest absolute Gasteiger partial charge is 0.343 e. The number of aryl methyl sites for hydroxylation is 1. The molecular weight excluding hydrogens is 436 g/mol. The van der Waals surface area contributed by atoms with E-state index >= 15 is 0 Å². The molecule has 3 aromatic rings. The Kier molecular flexibility index (Phi) is 11.0. The molecule has 35 heavy (non-hydrogen) atoms. The van der Waals surface area contributed by atoms with Crippen molar-refractivity contribution in [2.45, 2.75) is 65.2 Å². The average molecular weight is 473 g/mol. The minimum absolute atomic E-state index is 0.401. The molecule has 0 aliphatic rings. The van der Waals surface area contributed by atoms with Crippen LogP contribution in [-0.4, -0.2) is 12.6 Å². The zero-order valence-electron chi connectivity index (χ0n) is 20.9. The summed E-state index contributed by atoms with van der Waals surface area (Å²) in [5.74, 6) is 0.981. The van der Waals surface area contributed by atoms with Crippen LogP contribution in [0.25, 0.3) is 0 Å². The fourth-order valence-electron chi connectivity index (χ4n) is 3.66. The first-order chi connectivity index (χ1) is 17.1. The van der Waals surface area contributed by atoms with Gasteiger partial charge in [0.2, 0.25) is 0 Å². The summed E-state index contributed by atoms with van der Waals surface area (Å²) in [6.45, 7) is 4.95. The highest BCUT2D eigenvalue weighted by molar-refractivity contribution is 5.91. The maximum Gasteiger partial charge on any atom is 0.343 e. The van der Waals surface area contributed by atoms with Gasteiger partial charge in [0.25, 0.3) is 0 Å². The van der Waals surface area contributed by atoms with Gasteiger partial charge in [-0.25, -0.2) is 4.79 Å². The van der Waals surface area contributed by atoms with Gasteiger partial charge in [0.1, 0.15) is 11.5 Å². The molecule has 3 aromatic carbocycles. The lowest BCUT2D eigenvalue weighted by atomic mass is 10.1. The molecule has 0 aliphatic carbocycles. The summed E-state index contributed by atoms with van der Waals surface area (Å²) in [6.07, 6.45) is 10.3. The number of hydrogen-bond acceptors (Lipinski definition) is 5. The van der Waals surface area contributed by atoms with Crippen LogP contribution in [0.1, 0.15) is 74.2 Å². The van der Waals surface area contributed by atoms with Gasteiger partial charge in [-0.05, 0) is 79.6 Å². The lowest BCUT2D eigenvalue weighted by Crippen LogP contribution is -2.08. The Balaban J connectivity index is 1.39. The van der Waals surface area contributed by atoms with Gasteiger partial charge in [0, 0.05) is 0 Å². The third kappa shape index (κ3) is 9.73. The average Bonchev–Trinajstić information content (AvgIpc) is 2.87. The van der Waals surface area contributed by atoms with E-state index in [0.717, 1.165) is 30.0 Å². The van der Waals surface area contributed by atoms with Crippen molar-refractivity contribution in [3.8, 4) is 11.5 Å². The number of carbonyl (C=O) groups excluding carboxylic acids is 1. The summed E-state index contributed by atoms with van der Waals surface area (Å²) < 4.78 is 11.3. The number of ether oxygens (including phenoxy) is 2. The van der Waals surface area contributed by atoms with E-state index < -0.39 is 5.97 Å². The van der Waals surface area contributed by atoms with Crippen LogP contribution in [0.15, 0.2) is 83.0 Å². The van der Waals surface area contributed by atoms with E-state index in [2.05, 4.69) is 17.2 Å². The molecule has 0 bridgehead atoms. The molecule has 0 fully saturated rings. The maximum absolute atomic E-state index is 12.3. The first-order valence-corrected chi connectivity index (χ1v) is 12.7. The number of benzene rings is 3. The predicted octanol–water partition coefficient (Wildman–Crippen LogP) is 9.15. The maximum atomic E-state index is 12.3. The van der Waals surface area contributed by atoms with Gasteiger partial charge in [-0.15, -0.1) is 0 Å². The molecule has 0 spiro atoms. The second-order valence-corrected chi connectivity index (χ2v) is 8.77. The van der Waals surface area contributed by atoms with E-state index in [1.54, 1.807) is 30.3 Å². The lowest BCUT2D eigenvalue weighted by Gasteiger charge is -2.06. The number of rotatable bonds is 14. The standard InChI is InChI=1S/C30H36N2O3/c1-3-4-5-6-7-8-9-10-22-34-28-20-18-27(19-21-28)32-31-26-16-14-25(15-17-26)30(33)35-29-13-11-12-24(2)23-29/h11-21,23H,3-10,22H2,1-2H3. The van der Waals surface area contributed by atoms with Crippen LogP contribution in [0.3, 0.4) is 0 Å². The van der Waals surface area contributed by atoms with Crippen LogP contribution < -0.4 is 9.47 Å². The van der Waals surface area contributed by atoms with Crippen molar-refractivity contribution >= 4 is 17.3 Å². The Labute approximate surface area is 209 Å². The van der Waals surface area contributed by atoms with Gasteiger partial charge in [0.15, 0.2) is 0 Å². The Morgan fingerprint density at radius 3 is 1.94 bits per heavy atom. The topological polar surface area (TPSA) is 60.2 Å². The van der Waals surface area contributed by atoms with Crippen LogP contribution in [-0.2, 0) is 0 Å². The molecule has 0 aromatic heterocycles. The van der Waals surface area contributed by atoms with Gasteiger partial charge in [-0.1, -0.05) is 64.0 Å². The number of esters is 1. The molecular formula is C30H36N2O3. The minimum atomic E-state index is -0.401. The largest absolute Gasteiger partial charge is 0.494 e. The fourth-order valence-corrected chi connectivity index (χ4v) is 3.66. The second-order valence-electron chi connectivity index (χ2n) is 8.77. The van der Waals surface area contributed by atoms with Crippen molar-refractivity contribution in [2.75, 3.05) is 6.61 Å². The number of carbonyl (C=O) groups is 1. The summed E-state index contributed by atoms with van der Waals surface area (Å²) in [5, 5.41) is 8.53. The molecule has 0 aliphatic heterocycles. The van der Waals surface area contributed by atoms with Crippen molar-refractivity contribution in [2.24, 2.45) is 10.2 Å². The molecule has 0 heterocycles. The molecule has 184 valence electrons. The molecule has 0 amide bonds. The van der Waals surface area contributed by atoms with E-state index in [9.17, 15) is 4.79 Å². The lowest BCUT2D eigenvalue weighted by molar-refractivity contribution is 0.0734. The van der Waals surface area contributed by atoms with E-state index in [-0.39, 0.29) is 0 Å². The number of azo groups is 1. The van der Waals surface area contributed by atoms with Crippen LogP contribution in [0.2, 0.25) is 0 Å². The number of hydrogen-bond donors (Lipinski definition) is 0. The second kappa shape index (κ2) is 14.7. The Bertz CT molecular complexity index is 1060. The highest BCUT2D eigenvalue weighted by Gasteiger charge is 2.08. The van der Waals surface area contributed by atoms with Gasteiger partial charge in [0.05, 0.1) is 23.5 Å². The molecule has 3 rings (SSSR count). The molecule has 5 nitrogen and oxygen atoms in total. The van der Waals surface area contributed by atoms with Gasteiger partial charge >= 0.3 is 5.97 Å². The van der Waals surface area contributed by atoms with Crippen molar-refractivity contribution < 1.29 is 14.3 Å². The highest BCUT2D eigenvalue weighted by atomic mass is 16.5. The Morgan fingerprint density at radius 2 is 1.31 bits per heavy atom. The van der Waals surface area contributed by atoms with E-state index in [1.807, 2.05) is 49.4 Å². The predicted molar refractivity (Wildman–Crippen MR) is 141 cm³/mol. The molecule has 0 saturated carbocycles. The zero-order chi connectivity index (χ0) is 24.7. The summed E-state index contributed by atoms with van der Waals surface area (Å²) in [6, 6.07) is 21.9. The third-order valence-electron chi connectivity index (χ3n) is 5.69. The van der Waals surface area contributed by atoms with Gasteiger partial charge < -0.3 is 9.47 Å². The Morgan fingerprint density at radius 1 is 0.714 bits per heavy atom. The third-order valence-corrected chi connectivity index (χ3v) is 5.69. The molecule has 5 heteroatoms. The number of unbranched alkanes of at least 4 members (excludes halogenated alkanes) is 7. The summed E-state index contributed by atoms with van der Waals surface area (Å²) in [5.41, 5.74) is 2.90. The van der Waals surface area contributed by atoms with Crippen LogP contribution in [0.4, 0.5) is 11.4 Å². The van der Waals surface area contributed by atoms with Gasteiger partial charge in [-0.2, -0.15) is 10.2 Å². The summed E-state index contributed by atoms with van der Waals surface area (Å²) >= 11 is 0. The normalized spacial score (nSPS) is 11.0. The fraction of sp³-hybridized carbons (Fsp3) is 0.367. The van der Waals surface area contributed by atoms with E-state index in [0.29, 0.717) is 17.0 Å². The zero-order valence-corrected chi connectivity index (χ0v) is 20.9. The molecule has 0 unspecified atom stereocenters. The molecule has 0 radical (unpaired) electrons. The molecule has 0 saturated heterocycles. The molecule has 0 N–H and O–H groups in total. The van der Waals surface area contributed by atoms with Crippen molar-refractivity contribution in [1.82, 2.24) is 0 Å². The van der Waals surface area contributed by atoms with E-state index in [1.165, 1.54) is 44.9 Å². The first-order valence-electron chi connectivity index (χ1n) is 12.7. The van der Waals surface area contributed by atoms with Crippen LogP contribution in [0.5, 0.6) is 11.5 Å². The SMILES string of the molecule is CCCCCCCCCCOc1ccc(N=Nc2ccc(C(=O)Oc3cccc(C)c3)cc2)cc1. The van der Waals surface area contributed by atoms with Gasteiger partial charge in [-0.3, -0.25) is 0 Å². The van der Waals surface area contributed by atoms with E-state index in [4.69, 9.17) is 9.47 Å². The number of nitrogens with zero attached hydrogens (tertiary/aromatic N) is 2. The van der Waals surface area contributed by atoms with Crippen LogP contribution in [0, 0.1) is 6.92 Å². The monoisotopic (exact) mass is 472 g/mol. The minimum Gasteiger partial charge on any atom is -0.494 e. The summed E-state index contributed by atoms with van der Waals surface area (Å²) in [4.78, 5) is 12.3. The highest BCUT2D eigenvalue weighted by Crippen LogP contribution is 2.22. The summed E-state index contributed by atoms with van der Waals surface area (Å²) in [7, 11) is 0. The Hall–Kier alpha value is -3.47. The first kappa shape index (κ1) is 26.1. The van der Waals surface area contributed by atoms with Crippen LogP contribution >= 0.6 is 0 Å².